The van der Waals surface area contributed by atoms with Crippen molar-refractivity contribution in [2.45, 2.75) is 32.6 Å². The van der Waals surface area contributed by atoms with Crippen LogP contribution >= 0.6 is 0 Å². The first-order valence-corrected chi connectivity index (χ1v) is 7.40. The first kappa shape index (κ1) is 17.5. The minimum Gasteiger partial charge on any atom is -0.491 e. The summed E-state index contributed by atoms with van der Waals surface area (Å²) in [7, 11) is 0. The quantitative estimate of drug-likeness (QED) is 0.348. The predicted octanol–water partition coefficient (Wildman–Crippen LogP) is 5.21. The lowest BCUT2D eigenvalue weighted by molar-refractivity contribution is 0.139. The lowest BCUT2D eigenvalue weighted by Gasteiger charge is -2.26. The Labute approximate surface area is 125 Å². The first-order valence-electron chi connectivity index (χ1n) is 7.40. The molecule has 118 valence electrons. The molecule has 1 fully saturated rings. The van der Waals surface area contributed by atoms with Crippen molar-refractivity contribution in [2.75, 3.05) is 13.2 Å². The highest BCUT2D eigenvalue weighted by atomic mass is 19.1. The summed E-state index contributed by atoms with van der Waals surface area (Å²) < 4.78 is 35.6. The molecule has 0 atom stereocenters. The Morgan fingerprint density at radius 1 is 1.05 bits per heavy atom. The number of allylic oxidation sites excluding steroid dienone is 3. The molecular formula is C17H24F2O2. The summed E-state index contributed by atoms with van der Waals surface area (Å²) in [5, 5.41) is 0. The monoisotopic (exact) mass is 298 g/mol. The second-order valence-electron chi connectivity index (χ2n) is 5.12. The van der Waals surface area contributed by atoms with Crippen LogP contribution in [-0.4, -0.2) is 13.2 Å². The number of hydrogen-bond donors (Lipinski definition) is 0. The number of hydrogen-bond acceptors (Lipinski definition) is 2. The highest BCUT2D eigenvalue weighted by Crippen LogP contribution is 2.29. The Bertz CT molecular complexity index is 392. The van der Waals surface area contributed by atoms with Gasteiger partial charge in [-0.1, -0.05) is 6.08 Å². The second kappa shape index (κ2) is 10.2. The van der Waals surface area contributed by atoms with E-state index in [-0.39, 0.29) is 11.5 Å². The summed E-state index contributed by atoms with van der Waals surface area (Å²) in [5.74, 6) is 1.17. The zero-order valence-corrected chi connectivity index (χ0v) is 12.6. The van der Waals surface area contributed by atoms with Crippen LogP contribution in [0.25, 0.3) is 0 Å². The Morgan fingerprint density at radius 3 is 2.10 bits per heavy atom. The molecule has 1 rings (SSSR count). The van der Waals surface area contributed by atoms with Gasteiger partial charge in [0, 0.05) is 0 Å². The molecule has 1 aliphatic rings. The highest BCUT2D eigenvalue weighted by Gasteiger charge is 2.19. The molecule has 0 amide bonds. The van der Waals surface area contributed by atoms with Gasteiger partial charge in [-0.2, -0.15) is 0 Å². The van der Waals surface area contributed by atoms with Crippen molar-refractivity contribution in [3.8, 4) is 0 Å². The Balaban J connectivity index is 2.38. The fourth-order valence-corrected chi connectivity index (χ4v) is 2.37. The number of rotatable bonds is 8. The second-order valence-corrected chi connectivity index (χ2v) is 5.12. The molecule has 2 nitrogen and oxygen atoms in total. The van der Waals surface area contributed by atoms with Gasteiger partial charge in [-0.05, 0) is 56.6 Å². The smallest absolute Gasteiger partial charge is 0.147 e. The summed E-state index contributed by atoms with van der Waals surface area (Å²) in [6.07, 6.45) is 9.80. The van der Waals surface area contributed by atoms with E-state index in [9.17, 15) is 8.78 Å². The van der Waals surface area contributed by atoms with E-state index in [1.165, 1.54) is 12.2 Å². The van der Waals surface area contributed by atoms with Gasteiger partial charge in [-0.25, -0.2) is 8.78 Å². The molecular weight excluding hydrogens is 274 g/mol. The fourth-order valence-electron chi connectivity index (χ4n) is 2.37. The van der Waals surface area contributed by atoms with Gasteiger partial charge in [-0.3, -0.25) is 0 Å². The number of ether oxygens (including phenoxy) is 2. The van der Waals surface area contributed by atoms with Gasteiger partial charge < -0.3 is 9.47 Å². The van der Waals surface area contributed by atoms with E-state index in [1.54, 1.807) is 6.92 Å². The van der Waals surface area contributed by atoms with E-state index in [0.717, 1.165) is 25.7 Å². The third-order valence-electron chi connectivity index (χ3n) is 3.65. The van der Waals surface area contributed by atoms with Crippen LogP contribution in [0.3, 0.4) is 0 Å². The Kier molecular flexibility index (Phi) is 8.48. The van der Waals surface area contributed by atoms with Crippen LogP contribution in [0.5, 0.6) is 0 Å². The van der Waals surface area contributed by atoms with Crippen LogP contribution in [-0.2, 0) is 9.47 Å². The molecule has 1 saturated carbocycles. The molecule has 0 aromatic carbocycles. The van der Waals surface area contributed by atoms with E-state index < -0.39 is 0 Å². The van der Waals surface area contributed by atoms with Crippen molar-refractivity contribution >= 4 is 0 Å². The molecule has 0 saturated heterocycles. The van der Waals surface area contributed by atoms with Crippen LogP contribution < -0.4 is 0 Å². The molecule has 0 heterocycles. The van der Waals surface area contributed by atoms with Crippen LogP contribution in [0.1, 0.15) is 32.6 Å². The van der Waals surface area contributed by atoms with Crippen molar-refractivity contribution in [1.29, 1.82) is 0 Å². The summed E-state index contributed by atoms with van der Waals surface area (Å²) in [4.78, 5) is 0. The fraction of sp³-hybridized carbons (Fsp3) is 0.529. The van der Waals surface area contributed by atoms with E-state index >= 15 is 0 Å². The van der Waals surface area contributed by atoms with Gasteiger partial charge in [0.25, 0.3) is 0 Å². The average Bonchev–Trinajstić information content (AvgIpc) is 2.54. The van der Waals surface area contributed by atoms with Gasteiger partial charge in [0.2, 0.25) is 0 Å². The summed E-state index contributed by atoms with van der Waals surface area (Å²) in [6, 6.07) is 0. The van der Waals surface area contributed by atoms with Crippen molar-refractivity contribution in [3.05, 3.63) is 49.0 Å². The van der Waals surface area contributed by atoms with Crippen molar-refractivity contribution < 1.29 is 18.3 Å². The topological polar surface area (TPSA) is 18.5 Å². The van der Waals surface area contributed by atoms with Gasteiger partial charge in [0.15, 0.2) is 0 Å². The zero-order valence-electron chi connectivity index (χ0n) is 12.6. The van der Waals surface area contributed by atoms with Crippen LogP contribution in [0.15, 0.2) is 49.0 Å². The molecule has 0 unspecified atom stereocenters. The third kappa shape index (κ3) is 6.61. The SMILES string of the molecule is C=CC1CCC(COC(/C=C\C(=C\F)OCC)=C\F)CC1. The summed E-state index contributed by atoms with van der Waals surface area (Å²) >= 11 is 0. The molecule has 1 aliphatic carbocycles. The van der Waals surface area contributed by atoms with Gasteiger partial charge in [0.1, 0.15) is 24.2 Å². The Morgan fingerprint density at radius 2 is 1.62 bits per heavy atom. The van der Waals surface area contributed by atoms with Crippen molar-refractivity contribution in [1.82, 2.24) is 0 Å². The minimum atomic E-state index is 0.0481. The van der Waals surface area contributed by atoms with Gasteiger partial charge in [0.05, 0.1) is 13.2 Å². The van der Waals surface area contributed by atoms with Crippen molar-refractivity contribution in [2.24, 2.45) is 11.8 Å². The maximum absolute atomic E-state index is 12.8. The normalized spacial score (nSPS) is 24.1. The maximum Gasteiger partial charge on any atom is 0.147 e. The molecule has 0 radical (unpaired) electrons. The number of halogens is 2. The van der Waals surface area contributed by atoms with E-state index in [2.05, 4.69) is 6.58 Å². The van der Waals surface area contributed by atoms with E-state index in [4.69, 9.17) is 9.47 Å². The molecule has 0 aromatic rings. The molecule has 0 N–H and O–H groups in total. The average molecular weight is 298 g/mol. The first-order chi connectivity index (χ1) is 10.2. The van der Waals surface area contributed by atoms with Gasteiger partial charge in [-0.15, -0.1) is 6.58 Å². The van der Waals surface area contributed by atoms with Crippen molar-refractivity contribution in [3.63, 3.8) is 0 Å². The summed E-state index contributed by atoms with van der Waals surface area (Å²) in [6.45, 7) is 6.39. The highest BCUT2D eigenvalue weighted by molar-refractivity contribution is 5.19. The minimum absolute atomic E-state index is 0.0481. The lowest BCUT2D eigenvalue weighted by atomic mass is 9.82. The van der Waals surface area contributed by atoms with E-state index in [0.29, 0.717) is 37.7 Å². The Hall–Kier alpha value is -1.58. The standard InChI is InChI=1S/C17H24F2O2/c1-3-14-5-7-15(8-6-14)13-21-17(12-19)10-9-16(11-18)20-4-2/h3,9-12,14-15H,1,4-8,13H2,2H3/b10-9-,16-11-,17-12-. The molecule has 4 heteroatoms. The zero-order chi connectivity index (χ0) is 15.5. The molecule has 0 aliphatic heterocycles. The van der Waals surface area contributed by atoms with Crippen LogP contribution in [0.4, 0.5) is 8.78 Å². The largest absolute Gasteiger partial charge is 0.491 e. The molecule has 0 spiro atoms. The van der Waals surface area contributed by atoms with Crippen LogP contribution in [0.2, 0.25) is 0 Å². The lowest BCUT2D eigenvalue weighted by Crippen LogP contribution is -2.17. The third-order valence-corrected chi connectivity index (χ3v) is 3.65. The maximum atomic E-state index is 12.8. The molecule has 21 heavy (non-hydrogen) atoms. The van der Waals surface area contributed by atoms with E-state index in [1.807, 2.05) is 6.08 Å². The van der Waals surface area contributed by atoms with Gasteiger partial charge >= 0.3 is 0 Å². The van der Waals surface area contributed by atoms with Crippen LogP contribution in [0, 0.1) is 11.8 Å². The molecule has 0 aromatic heterocycles. The predicted molar refractivity (Wildman–Crippen MR) is 80.7 cm³/mol. The molecule has 0 bridgehead atoms. The summed E-state index contributed by atoms with van der Waals surface area (Å²) in [5.41, 5.74) is 0.